The van der Waals surface area contributed by atoms with Gasteiger partial charge in [-0.15, -0.1) is 0 Å². The Morgan fingerprint density at radius 1 is 1.12 bits per heavy atom. The molecule has 0 bridgehead atoms. The van der Waals surface area contributed by atoms with E-state index in [2.05, 4.69) is 48.4 Å². The van der Waals surface area contributed by atoms with Gasteiger partial charge in [0, 0.05) is 23.7 Å². The fourth-order valence-corrected chi connectivity index (χ4v) is 2.89. The lowest BCUT2D eigenvalue weighted by Crippen LogP contribution is -2.07. The van der Waals surface area contributed by atoms with Gasteiger partial charge in [-0.1, -0.05) is 38.1 Å². The fourth-order valence-electron chi connectivity index (χ4n) is 2.89. The van der Waals surface area contributed by atoms with E-state index in [-0.39, 0.29) is 6.61 Å². The third-order valence-electron chi connectivity index (χ3n) is 4.31. The Morgan fingerprint density at radius 2 is 1.88 bits per heavy atom. The molecule has 4 heteroatoms. The van der Waals surface area contributed by atoms with Gasteiger partial charge in [0.05, 0.1) is 18.2 Å². The van der Waals surface area contributed by atoms with Crippen molar-refractivity contribution in [2.75, 3.05) is 18.5 Å². The van der Waals surface area contributed by atoms with Gasteiger partial charge in [0.2, 0.25) is 0 Å². The van der Waals surface area contributed by atoms with Crippen molar-refractivity contribution in [1.82, 2.24) is 4.98 Å². The van der Waals surface area contributed by atoms with Crippen molar-refractivity contribution in [2.24, 2.45) is 0 Å². The highest BCUT2D eigenvalue weighted by atomic mass is 16.3. The van der Waals surface area contributed by atoms with Gasteiger partial charge in [0.15, 0.2) is 0 Å². The first-order valence-electron chi connectivity index (χ1n) is 8.42. The summed E-state index contributed by atoms with van der Waals surface area (Å²) in [6, 6.07) is 16.1. The van der Waals surface area contributed by atoms with E-state index in [1.807, 2.05) is 30.5 Å². The molecule has 1 heterocycles. The maximum atomic E-state index is 9.11. The van der Waals surface area contributed by atoms with Gasteiger partial charge in [-0.3, -0.25) is 0 Å². The zero-order valence-corrected chi connectivity index (χ0v) is 14.5. The minimum atomic E-state index is 0.0599. The largest absolute Gasteiger partial charge is 0.395 e. The Labute approximate surface area is 147 Å². The average Bonchev–Trinajstić information content (AvgIpc) is 2.65. The molecule has 2 N–H and O–H groups in total. The SMILES string of the molecule is CC(C)c1ccc2c(-c3ccc(C#N)cc3)cnc(NCCO)c2c1. The Kier molecular flexibility index (Phi) is 4.97. The van der Waals surface area contributed by atoms with Crippen LogP contribution < -0.4 is 5.32 Å². The number of nitriles is 1. The topological polar surface area (TPSA) is 68.9 Å². The van der Waals surface area contributed by atoms with Crippen LogP contribution in [0, 0.1) is 11.3 Å². The number of rotatable bonds is 5. The summed E-state index contributed by atoms with van der Waals surface area (Å²) in [5.41, 5.74) is 3.95. The molecular formula is C21H21N3O. The molecule has 25 heavy (non-hydrogen) atoms. The molecule has 0 saturated carbocycles. The Balaban J connectivity index is 2.18. The van der Waals surface area contributed by atoms with Crippen LogP contribution in [-0.2, 0) is 0 Å². The molecule has 0 unspecified atom stereocenters. The number of fused-ring (bicyclic) bond motifs is 1. The Morgan fingerprint density at radius 3 is 2.52 bits per heavy atom. The number of hydrogen-bond acceptors (Lipinski definition) is 4. The van der Waals surface area contributed by atoms with Crippen LogP contribution in [0.3, 0.4) is 0 Å². The summed E-state index contributed by atoms with van der Waals surface area (Å²) in [5, 5.41) is 23.4. The summed E-state index contributed by atoms with van der Waals surface area (Å²) >= 11 is 0. The van der Waals surface area contributed by atoms with E-state index in [1.54, 1.807) is 0 Å². The van der Waals surface area contributed by atoms with Crippen LogP contribution in [0.4, 0.5) is 5.82 Å². The van der Waals surface area contributed by atoms with Crippen LogP contribution in [0.2, 0.25) is 0 Å². The van der Waals surface area contributed by atoms with Crippen LogP contribution in [0.15, 0.2) is 48.7 Å². The number of anilines is 1. The van der Waals surface area contributed by atoms with Crippen molar-refractivity contribution in [1.29, 1.82) is 5.26 Å². The fraction of sp³-hybridized carbons (Fsp3) is 0.238. The maximum absolute atomic E-state index is 9.11. The minimum Gasteiger partial charge on any atom is -0.395 e. The molecule has 0 aliphatic rings. The smallest absolute Gasteiger partial charge is 0.133 e. The van der Waals surface area contributed by atoms with Gasteiger partial charge in [0.1, 0.15) is 5.82 Å². The summed E-state index contributed by atoms with van der Waals surface area (Å²) in [6.45, 7) is 4.86. The number of benzene rings is 2. The standard InChI is InChI=1S/C21H21N3O/c1-14(2)17-7-8-18-19(11-17)21(23-9-10-25)24-13-20(18)16-5-3-15(12-22)4-6-16/h3-8,11,13-14,25H,9-10H2,1-2H3,(H,23,24). The Hall–Kier alpha value is -2.90. The van der Waals surface area contributed by atoms with Gasteiger partial charge in [-0.05, 0) is 40.6 Å². The van der Waals surface area contributed by atoms with Crippen LogP contribution in [0.1, 0.15) is 30.9 Å². The van der Waals surface area contributed by atoms with Crippen LogP contribution >= 0.6 is 0 Å². The van der Waals surface area contributed by atoms with Crippen molar-refractivity contribution >= 4 is 16.6 Å². The van der Waals surface area contributed by atoms with Gasteiger partial charge >= 0.3 is 0 Å². The van der Waals surface area contributed by atoms with Crippen molar-refractivity contribution in [3.05, 3.63) is 59.8 Å². The van der Waals surface area contributed by atoms with E-state index >= 15 is 0 Å². The molecule has 0 atom stereocenters. The molecule has 0 aliphatic heterocycles. The zero-order valence-electron chi connectivity index (χ0n) is 14.5. The van der Waals surface area contributed by atoms with Gasteiger partial charge in [0.25, 0.3) is 0 Å². The molecule has 0 spiro atoms. The van der Waals surface area contributed by atoms with Crippen molar-refractivity contribution in [3.63, 3.8) is 0 Å². The molecule has 3 aromatic rings. The van der Waals surface area contributed by atoms with Crippen LogP contribution in [0.25, 0.3) is 21.9 Å². The van der Waals surface area contributed by atoms with E-state index in [0.29, 0.717) is 18.0 Å². The Bertz CT molecular complexity index is 924. The highest BCUT2D eigenvalue weighted by Gasteiger charge is 2.11. The molecule has 0 radical (unpaired) electrons. The second-order valence-electron chi connectivity index (χ2n) is 6.32. The first kappa shape index (κ1) is 16.9. The highest BCUT2D eigenvalue weighted by Crippen LogP contribution is 2.33. The predicted molar refractivity (Wildman–Crippen MR) is 102 cm³/mol. The molecule has 0 amide bonds. The van der Waals surface area contributed by atoms with Crippen molar-refractivity contribution in [2.45, 2.75) is 19.8 Å². The van der Waals surface area contributed by atoms with E-state index in [9.17, 15) is 0 Å². The third-order valence-corrected chi connectivity index (χ3v) is 4.31. The van der Waals surface area contributed by atoms with E-state index in [0.717, 1.165) is 27.7 Å². The second kappa shape index (κ2) is 7.33. The first-order valence-corrected chi connectivity index (χ1v) is 8.42. The molecule has 1 aromatic heterocycles. The van der Waals surface area contributed by atoms with Crippen LogP contribution in [0.5, 0.6) is 0 Å². The molecule has 3 rings (SSSR count). The number of hydrogen-bond donors (Lipinski definition) is 2. The molecular weight excluding hydrogens is 310 g/mol. The summed E-state index contributed by atoms with van der Waals surface area (Å²) in [4.78, 5) is 4.58. The number of aromatic nitrogens is 1. The van der Waals surface area contributed by atoms with Gasteiger partial charge < -0.3 is 10.4 Å². The summed E-state index contributed by atoms with van der Waals surface area (Å²) in [6.07, 6.45) is 1.85. The van der Waals surface area contributed by atoms with Crippen molar-refractivity contribution in [3.8, 4) is 17.2 Å². The summed E-state index contributed by atoms with van der Waals surface area (Å²) < 4.78 is 0. The maximum Gasteiger partial charge on any atom is 0.133 e. The lowest BCUT2D eigenvalue weighted by molar-refractivity contribution is 0.311. The monoisotopic (exact) mass is 331 g/mol. The quantitative estimate of drug-likeness (QED) is 0.731. The molecule has 0 saturated heterocycles. The minimum absolute atomic E-state index is 0.0599. The first-order chi connectivity index (χ1) is 12.1. The second-order valence-corrected chi connectivity index (χ2v) is 6.32. The number of pyridine rings is 1. The molecule has 0 aliphatic carbocycles. The third kappa shape index (κ3) is 3.47. The molecule has 4 nitrogen and oxygen atoms in total. The molecule has 0 fully saturated rings. The summed E-state index contributed by atoms with van der Waals surface area (Å²) in [5.74, 6) is 1.21. The number of nitrogens with one attached hydrogen (secondary N) is 1. The molecule has 126 valence electrons. The summed E-state index contributed by atoms with van der Waals surface area (Å²) in [7, 11) is 0. The predicted octanol–water partition coefficient (Wildman–Crippen LogP) is 4.30. The number of nitrogens with zero attached hydrogens (tertiary/aromatic N) is 2. The highest BCUT2D eigenvalue weighted by molar-refractivity contribution is 6.02. The van der Waals surface area contributed by atoms with E-state index in [1.165, 1.54) is 5.56 Å². The number of aliphatic hydroxyl groups is 1. The lowest BCUT2D eigenvalue weighted by Gasteiger charge is -2.14. The van der Waals surface area contributed by atoms with Crippen molar-refractivity contribution < 1.29 is 5.11 Å². The normalized spacial score (nSPS) is 10.8. The lowest BCUT2D eigenvalue weighted by atomic mass is 9.95. The zero-order chi connectivity index (χ0) is 17.8. The van der Waals surface area contributed by atoms with E-state index < -0.39 is 0 Å². The van der Waals surface area contributed by atoms with Gasteiger partial charge in [-0.25, -0.2) is 4.98 Å². The average molecular weight is 331 g/mol. The van der Waals surface area contributed by atoms with Gasteiger partial charge in [-0.2, -0.15) is 5.26 Å². The number of aliphatic hydroxyl groups excluding tert-OH is 1. The van der Waals surface area contributed by atoms with Crippen LogP contribution in [-0.4, -0.2) is 23.2 Å². The van der Waals surface area contributed by atoms with E-state index in [4.69, 9.17) is 10.4 Å². The molecule has 2 aromatic carbocycles.